The quantitative estimate of drug-likeness (QED) is 0.879. The number of carbonyl (C=O) groups excluding carboxylic acids is 1. The number of hydrogen-bond donors (Lipinski definition) is 1. The Balaban J connectivity index is 2.03. The Labute approximate surface area is 125 Å². The molecule has 21 heavy (non-hydrogen) atoms. The summed E-state index contributed by atoms with van der Waals surface area (Å²) >= 11 is 0. The summed E-state index contributed by atoms with van der Waals surface area (Å²) in [5.41, 5.74) is 0.620. The third-order valence-corrected chi connectivity index (χ3v) is 5.38. The second-order valence-electron chi connectivity index (χ2n) is 5.22. The molecular formula is C13H20N4O3S. The van der Waals surface area contributed by atoms with Crippen molar-refractivity contribution in [2.24, 2.45) is 5.92 Å². The van der Waals surface area contributed by atoms with Crippen molar-refractivity contribution >= 4 is 21.8 Å². The predicted octanol–water partition coefficient (Wildman–Crippen LogP) is 0.538. The summed E-state index contributed by atoms with van der Waals surface area (Å²) in [6.45, 7) is 0.670. The van der Waals surface area contributed by atoms with E-state index in [0.717, 1.165) is 0 Å². The number of nitrogens with zero attached hydrogens (tertiary/aromatic N) is 3. The Bertz CT molecular complexity index is 589. The second kappa shape index (κ2) is 6.50. The van der Waals surface area contributed by atoms with Crippen molar-refractivity contribution < 1.29 is 13.2 Å². The number of carbonyl (C=O) groups is 1. The molecule has 1 saturated heterocycles. The Morgan fingerprint density at radius 2 is 2.24 bits per heavy atom. The van der Waals surface area contributed by atoms with E-state index in [9.17, 15) is 13.2 Å². The standard InChI is InChI=1S/C13H20N4O3S/c1-16(2)21(19,20)17-8-4-5-11(10-17)13(18)15-12-6-3-7-14-9-12/h3,6-7,9,11H,4-5,8,10H2,1-2H3,(H,15,18)/t11-/m0/s1. The van der Waals surface area contributed by atoms with Gasteiger partial charge in [-0.05, 0) is 25.0 Å². The average Bonchev–Trinajstić information content (AvgIpc) is 2.48. The minimum absolute atomic E-state index is 0.165. The Morgan fingerprint density at radius 3 is 2.86 bits per heavy atom. The van der Waals surface area contributed by atoms with Gasteiger partial charge in [0.05, 0.1) is 17.8 Å². The maximum Gasteiger partial charge on any atom is 0.281 e. The zero-order chi connectivity index (χ0) is 15.5. The van der Waals surface area contributed by atoms with Crippen molar-refractivity contribution in [3.05, 3.63) is 24.5 Å². The average molecular weight is 312 g/mol. The summed E-state index contributed by atoms with van der Waals surface area (Å²) in [6, 6.07) is 3.49. The fourth-order valence-electron chi connectivity index (χ4n) is 2.28. The molecule has 1 aliphatic rings. The van der Waals surface area contributed by atoms with Crippen LogP contribution in [-0.4, -0.2) is 55.1 Å². The third-order valence-electron chi connectivity index (χ3n) is 3.47. The summed E-state index contributed by atoms with van der Waals surface area (Å²) in [5, 5.41) is 2.78. The highest BCUT2D eigenvalue weighted by Gasteiger charge is 2.33. The van der Waals surface area contributed by atoms with Crippen LogP contribution in [0.3, 0.4) is 0 Å². The van der Waals surface area contributed by atoms with Crippen molar-refractivity contribution in [3.63, 3.8) is 0 Å². The zero-order valence-electron chi connectivity index (χ0n) is 12.2. The number of anilines is 1. The van der Waals surface area contributed by atoms with Crippen molar-refractivity contribution in [1.82, 2.24) is 13.6 Å². The van der Waals surface area contributed by atoms with Gasteiger partial charge in [0.15, 0.2) is 0 Å². The van der Waals surface area contributed by atoms with E-state index in [0.29, 0.717) is 25.1 Å². The summed E-state index contributed by atoms with van der Waals surface area (Å²) in [4.78, 5) is 16.2. The van der Waals surface area contributed by atoms with E-state index < -0.39 is 10.2 Å². The van der Waals surface area contributed by atoms with Crippen LogP contribution in [0.25, 0.3) is 0 Å². The topological polar surface area (TPSA) is 82.6 Å². The van der Waals surface area contributed by atoms with Gasteiger partial charge in [-0.15, -0.1) is 0 Å². The molecule has 2 rings (SSSR count). The third kappa shape index (κ3) is 3.78. The normalized spacial score (nSPS) is 20.4. The van der Waals surface area contributed by atoms with E-state index in [1.54, 1.807) is 24.5 Å². The fraction of sp³-hybridized carbons (Fsp3) is 0.538. The maximum absolute atomic E-state index is 12.2. The summed E-state index contributed by atoms with van der Waals surface area (Å²) < 4.78 is 26.8. The molecular weight excluding hydrogens is 292 g/mol. The van der Waals surface area contributed by atoms with Gasteiger partial charge in [-0.3, -0.25) is 9.78 Å². The van der Waals surface area contributed by atoms with E-state index in [1.807, 2.05) is 0 Å². The molecule has 1 N–H and O–H groups in total. The second-order valence-corrected chi connectivity index (χ2v) is 7.36. The molecule has 0 radical (unpaired) electrons. The van der Waals surface area contributed by atoms with Crippen LogP contribution >= 0.6 is 0 Å². The van der Waals surface area contributed by atoms with Gasteiger partial charge in [0.1, 0.15) is 0 Å². The lowest BCUT2D eigenvalue weighted by Crippen LogP contribution is -2.47. The van der Waals surface area contributed by atoms with Gasteiger partial charge < -0.3 is 5.32 Å². The van der Waals surface area contributed by atoms with Gasteiger partial charge >= 0.3 is 0 Å². The van der Waals surface area contributed by atoms with Gasteiger partial charge in [0, 0.05) is 33.4 Å². The first-order valence-corrected chi connectivity index (χ1v) is 8.19. The highest BCUT2D eigenvalue weighted by Crippen LogP contribution is 2.21. The highest BCUT2D eigenvalue weighted by molar-refractivity contribution is 7.86. The molecule has 0 aromatic carbocycles. The number of rotatable bonds is 4. The molecule has 0 saturated carbocycles. The van der Waals surface area contributed by atoms with E-state index >= 15 is 0 Å². The minimum Gasteiger partial charge on any atom is -0.324 e. The Kier molecular flexibility index (Phi) is 4.92. The lowest BCUT2D eigenvalue weighted by molar-refractivity contribution is -0.120. The molecule has 116 valence electrons. The maximum atomic E-state index is 12.2. The van der Waals surface area contributed by atoms with E-state index in [-0.39, 0.29) is 18.4 Å². The number of pyridine rings is 1. The zero-order valence-corrected chi connectivity index (χ0v) is 13.0. The van der Waals surface area contributed by atoms with Crippen LogP contribution < -0.4 is 5.32 Å². The van der Waals surface area contributed by atoms with Crippen LogP contribution in [0, 0.1) is 5.92 Å². The first kappa shape index (κ1) is 15.9. The SMILES string of the molecule is CN(C)S(=O)(=O)N1CCC[C@H](C(=O)Nc2cccnc2)C1. The van der Waals surface area contributed by atoms with Crippen molar-refractivity contribution in [1.29, 1.82) is 0 Å². The Morgan fingerprint density at radius 1 is 1.48 bits per heavy atom. The Hall–Kier alpha value is -1.51. The number of aromatic nitrogens is 1. The number of piperidine rings is 1. The smallest absolute Gasteiger partial charge is 0.281 e. The van der Waals surface area contributed by atoms with E-state index in [4.69, 9.17) is 0 Å². The van der Waals surface area contributed by atoms with Gasteiger partial charge in [0.25, 0.3) is 10.2 Å². The molecule has 0 bridgehead atoms. The van der Waals surface area contributed by atoms with Crippen LogP contribution in [0.15, 0.2) is 24.5 Å². The lowest BCUT2D eigenvalue weighted by Gasteiger charge is -2.32. The van der Waals surface area contributed by atoms with Gasteiger partial charge in [-0.25, -0.2) is 0 Å². The molecule has 0 aliphatic carbocycles. The number of nitrogens with one attached hydrogen (secondary N) is 1. The molecule has 0 unspecified atom stereocenters. The summed E-state index contributed by atoms with van der Waals surface area (Å²) in [6.07, 6.45) is 4.56. The largest absolute Gasteiger partial charge is 0.324 e. The van der Waals surface area contributed by atoms with Gasteiger partial charge in [0.2, 0.25) is 5.91 Å². The molecule has 1 fully saturated rings. The summed E-state index contributed by atoms with van der Waals surface area (Å²) in [5.74, 6) is -0.504. The fourth-order valence-corrected chi connectivity index (χ4v) is 3.47. The molecule has 1 aromatic rings. The van der Waals surface area contributed by atoms with Crippen molar-refractivity contribution in [3.8, 4) is 0 Å². The molecule has 1 aromatic heterocycles. The van der Waals surface area contributed by atoms with E-state index in [2.05, 4.69) is 10.3 Å². The van der Waals surface area contributed by atoms with Gasteiger partial charge in [-0.1, -0.05) is 0 Å². The lowest BCUT2D eigenvalue weighted by atomic mass is 9.99. The highest BCUT2D eigenvalue weighted by atomic mass is 32.2. The molecule has 1 amide bonds. The van der Waals surface area contributed by atoms with Crippen LogP contribution in [-0.2, 0) is 15.0 Å². The van der Waals surface area contributed by atoms with Crippen LogP contribution in [0.2, 0.25) is 0 Å². The molecule has 1 aliphatic heterocycles. The van der Waals surface area contributed by atoms with Crippen LogP contribution in [0.1, 0.15) is 12.8 Å². The summed E-state index contributed by atoms with van der Waals surface area (Å²) in [7, 11) is -0.476. The minimum atomic E-state index is -3.46. The number of hydrogen-bond acceptors (Lipinski definition) is 4. The van der Waals surface area contributed by atoms with Crippen molar-refractivity contribution in [2.75, 3.05) is 32.5 Å². The molecule has 2 heterocycles. The number of amides is 1. The molecule has 8 heteroatoms. The van der Waals surface area contributed by atoms with Crippen molar-refractivity contribution in [2.45, 2.75) is 12.8 Å². The van der Waals surface area contributed by atoms with Crippen LogP contribution in [0.5, 0.6) is 0 Å². The first-order valence-electron chi connectivity index (χ1n) is 6.80. The van der Waals surface area contributed by atoms with Gasteiger partial charge in [-0.2, -0.15) is 17.0 Å². The predicted molar refractivity (Wildman–Crippen MR) is 79.8 cm³/mol. The first-order chi connectivity index (χ1) is 9.91. The molecule has 1 atom stereocenters. The molecule has 0 spiro atoms. The van der Waals surface area contributed by atoms with Crippen LogP contribution in [0.4, 0.5) is 5.69 Å². The molecule has 7 nitrogen and oxygen atoms in total. The van der Waals surface area contributed by atoms with E-state index in [1.165, 1.54) is 22.7 Å². The monoisotopic (exact) mass is 312 g/mol.